The van der Waals surface area contributed by atoms with E-state index in [-0.39, 0.29) is 0 Å². The summed E-state index contributed by atoms with van der Waals surface area (Å²) in [6.07, 6.45) is 2.43. The van der Waals surface area contributed by atoms with Gasteiger partial charge in [-0.2, -0.15) is 0 Å². The lowest BCUT2D eigenvalue weighted by Crippen LogP contribution is -2.31. The van der Waals surface area contributed by atoms with Crippen LogP contribution in [0.3, 0.4) is 0 Å². The van der Waals surface area contributed by atoms with Gasteiger partial charge < -0.3 is 10.1 Å². The first-order valence-corrected chi connectivity index (χ1v) is 6.71. The van der Waals surface area contributed by atoms with Gasteiger partial charge in [-0.05, 0) is 54.9 Å². The quantitative estimate of drug-likeness (QED) is 0.870. The van der Waals surface area contributed by atoms with Crippen LogP contribution in [0.5, 0.6) is 0 Å². The van der Waals surface area contributed by atoms with Gasteiger partial charge in [0.1, 0.15) is 0 Å². The molecule has 1 rings (SSSR count). The van der Waals surface area contributed by atoms with Gasteiger partial charge in [0.05, 0.1) is 9.89 Å². The third-order valence-corrected chi connectivity index (χ3v) is 4.15. The highest BCUT2D eigenvalue weighted by Crippen LogP contribution is 2.23. The second-order valence-electron chi connectivity index (χ2n) is 3.68. The van der Waals surface area contributed by atoms with Crippen LogP contribution in [0.25, 0.3) is 0 Å². The van der Waals surface area contributed by atoms with Crippen molar-refractivity contribution in [2.45, 2.75) is 31.9 Å². The molecule has 0 amide bonds. The molecule has 1 aromatic heterocycles. The highest BCUT2D eigenvalue weighted by atomic mass is 79.9. The molecule has 86 valence electrons. The van der Waals surface area contributed by atoms with Crippen LogP contribution >= 0.6 is 27.3 Å². The molecule has 1 aromatic rings. The van der Waals surface area contributed by atoms with Crippen molar-refractivity contribution < 1.29 is 4.74 Å². The van der Waals surface area contributed by atoms with Crippen molar-refractivity contribution in [2.75, 3.05) is 14.2 Å². The highest BCUT2D eigenvalue weighted by molar-refractivity contribution is 9.11. The first kappa shape index (κ1) is 13.2. The average molecular weight is 292 g/mol. The summed E-state index contributed by atoms with van der Waals surface area (Å²) < 4.78 is 6.48. The molecule has 1 N–H and O–H groups in total. The normalized spacial score (nSPS) is 15.2. The molecule has 0 bridgehead atoms. The summed E-state index contributed by atoms with van der Waals surface area (Å²) >= 11 is 5.28. The Morgan fingerprint density at radius 2 is 2.27 bits per heavy atom. The van der Waals surface area contributed by atoms with Gasteiger partial charge in [-0.25, -0.2) is 0 Å². The summed E-state index contributed by atoms with van der Waals surface area (Å²) in [4.78, 5) is 1.41. The van der Waals surface area contributed by atoms with E-state index in [9.17, 15) is 0 Å². The fourth-order valence-corrected chi connectivity index (χ4v) is 3.07. The summed E-state index contributed by atoms with van der Waals surface area (Å²) in [6, 6.07) is 4.77. The van der Waals surface area contributed by atoms with Crippen molar-refractivity contribution in [1.82, 2.24) is 5.32 Å². The maximum absolute atomic E-state index is 5.28. The van der Waals surface area contributed by atoms with Gasteiger partial charge in [0, 0.05) is 18.0 Å². The van der Waals surface area contributed by atoms with Crippen molar-refractivity contribution in [3.63, 3.8) is 0 Å². The molecule has 1 heterocycles. The molecule has 0 aliphatic carbocycles. The minimum atomic E-state index is 0.311. The number of halogens is 1. The maximum Gasteiger partial charge on any atom is 0.0701 e. The van der Waals surface area contributed by atoms with E-state index in [1.807, 2.05) is 7.05 Å². The number of likely N-dealkylation sites (N-methyl/N-ethyl adjacent to an activating group) is 1. The third-order valence-electron chi connectivity index (χ3n) is 2.50. The summed E-state index contributed by atoms with van der Waals surface area (Å²) in [7, 11) is 3.77. The first-order valence-electron chi connectivity index (χ1n) is 5.10. The van der Waals surface area contributed by atoms with E-state index < -0.39 is 0 Å². The molecular formula is C11H18BrNOS. The number of hydrogen-bond acceptors (Lipinski definition) is 3. The number of rotatable bonds is 6. The summed E-state index contributed by atoms with van der Waals surface area (Å²) in [6.45, 7) is 2.11. The van der Waals surface area contributed by atoms with Crippen molar-refractivity contribution in [1.29, 1.82) is 0 Å². The van der Waals surface area contributed by atoms with Crippen molar-refractivity contribution >= 4 is 27.3 Å². The molecule has 0 fully saturated rings. The Balaban J connectivity index is 2.46. The Morgan fingerprint density at radius 3 is 2.73 bits per heavy atom. The summed E-state index contributed by atoms with van der Waals surface area (Å²) in [5.41, 5.74) is 0. The van der Waals surface area contributed by atoms with Gasteiger partial charge in [0.15, 0.2) is 0 Å². The minimum Gasteiger partial charge on any atom is -0.382 e. The Bertz CT molecular complexity index is 290. The van der Waals surface area contributed by atoms with Crippen LogP contribution in [0.4, 0.5) is 0 Å². The molecular weight excluding hydrogens is 274 g/mol. The van der Waals surface area contributed by atoms with Crippen molar-refractivity contribution in [3.05, 3.63) is 20.8 Å². The molecule has 0 saturated heterocycles. The number of thiophene rings is 1. The number of hydrogen-bond donors (Lipinski definition) is 1. The smallest absolute Gasteiger partial charge is 0.0701 e. The van der Waals surface area contributed by atoms with Gasteiger partial charge >= 0.3 is 0 Å². The van der Waals surface area contributed by atoms with Crippen LogP contribution in [-0.4, -0.2) is 26.3 Å². The molecule has 0 aliphatic heterocycles. The predicted octanol–water partition coefficient (Wildman–Crippen LogP) is 3.07. The lowest BCUT2D eigenvalue weighted by Gasteiger charge is -2.18. The fraction of sp³-hybridized carbons (Fsp3) is 0.636. The second-order valence-corrected chi connectivity index (χ2v) is 6.23. The molecule has 0 saturated carbocycles. The van der Waals surface area contributed by atoms with Crippen LogP contribution < -0.4 is 5.32 Å². The van der Waals surface area contributed by atoms with E-state index in [0.29, 0.717) is 12.1 Å². The zero-order chi connectivity index (χ0) is 11.3. The molecule has 2 atom stereocenters. The molecule has 2 nitrogen and oxygen atoms in total. The van der Waals surface area contributed by atoms with Gasteiger partial charge in [-0.3, -0.25) is 0 Å². The Morgan fingerprint density at radius 1 is 1.53 bits per heavy atom. The molecule has 0 spiro atoms. The monoisotopic (exact) mass is 291 g/mol. The molecule has 0 radical (unpaired) electrons. The zero-order valence-corrected chi connectivity index (χ0v) is 11.8. The zero-order valence-electron chi connectivity index (χ0n) is 9.42. The number of methoxy groups -OCH3 is 1. The van der Waals surface area contributed by atoms with Crippen molar-refractivity contribution in [2.24, 2.45) is 0 Å². The van der Waals surface area contributed by atoms with E-state index >= 15 is 0 Å². The first-order chi connectivity index (χ1) is 7.15. The van der Waals surface area contributed by atoms with E-state index in [4.69, 9.17) is 4.74 Å². The van der Waals surface area contributed by atoms with Gasteiger partial charge in [-0.1, -0.05) is 0 Å². The van der Waals surface area contributed by atoms with Gasteiger partial charge in [-0.15, -0.1) is 11.3 Å². The lowest BCUT2D eigenvalue weighted by atomic mass is 10.1. The van der Waals surface area contributed by atoms with Crippen LogP contribution in [0.2, 0.25) is 0 Å². The summed E-state index contributed by atoms with van der Waals surface area (Å²) in [5, 5.41) is 3.34. The summed E-state index contributed by atoms with van der Waals surface area (Å²) in [5.74, 6) is 0. The van der Waals surface area contributed by atoms with Crippen LogP contribution in [-0.2, 0) is 11.2 Å². The van der Waals surface area contributed by atoms with Crippen LogP contribution in [0.1, 0.15) is 18.2 Å². The SMILES string of the molecule is CNC(Cc1ccc(Br)s1)CC(C)OC. The highest BCUT2D eigenvalue weighted by Gasteiger charge is 2.12. The third kappa shape index (κ3) is 4.64. The molecule has 4 heteroatoms. The fourth-order valence-electron chi connectivity index (χ4n) is 1.50. The average Bonchev–Trinajstić information content (AvgIpc) is 2.62. The van der Waals surface area contributed by atoms with E-state index in [1.165, 1.54) is 8.66 Å². The number of nitrogens with one attached hydrogen (secondary N) is 1. The molecule has 15 heavy (non-hydrogen) atoms. The van der Waals surface area contributed by atoms with E-state index in [0.717, 1.165) is 12.8 Å². The van der Waals surface area contributed by atoms with Crippen LogP contribution in [0, 0.1) is 0 Å². The standard InChI is InChI=1S/C11H18BrNOS/c1-8(14-3)6-9(13-2)7-10-4-5-11(12)15-10/h4-5,8-9,13H,6-7H2,1-3H3. The van der Waals surface area contributed by atoms with Gasteiger partial charge in [0.25, 0.3) is 0 Å². The number of ether oxygens (including phenoxy) is 1. The predicted molar refractivity (Wildman–Crippen MR) is 69.7 cm³/mol. The maximum atomic E-state index is 5.28. The lowest BCUT2D eigenvalue weighted by molar-refractivity contribution is 0.101. The van der Waals surface area contributed by atoms with E-state index in [1.54, 1.807) is 18.4 Å². The van der Waals surface area contributed by atoms with Gasteiger partial charge in [0.2, 0.25) is 0 Å². The van der Waals surface area contributed by atoms with Crippen LogP contribution in [0.15, 0.2) is 15.9 Å². The topological polar surface area (TPSA) is 21.3 Å². The molecule has 2 unspecified atom stereocenters. The minimum absolute atomic E-state index is 0.311. The Kier molecular flexibility index (Phi) is 5.82. The Hall–Kier alpha value is 0.1000. The van der Waals surface area contributed by atoms with Crippen molar-refractivity contribution in [3.8, 4) is 0 Å². The second kappa shape index (κ2) is 6.63. The van der Waals surface area contributed by atoms with E-state index in [2.05, 4.69) is 40.3 Å². The molecule has 0 aromatic carbocycles. The molecule has 0 aliphatic rings. The largest absolute Gasteiger partial charge is 0.382 e. The Labute approximate surface area is 104 Å².